The number of halogens is 1. The van der Waals surface area contributed by atoms with Crippen molar-refractivity contribution in [2.24, 2.45) is 0 Å². The number of aryl methyl sites for hydroxylation is 1. The van der Waals surface area contributed by atoms with Crippen LogP contribution in [-0.4, -0.2) is 24.7 Å². The molecule has 0 aliphatic rings. The molecule has 74 valence electrons. The molecule has 0 radical (unpaired) electrons. The van der Waals surface area contributed by atoms with Crippen LogP contribution in [0.2, 0.25) is 0 Å². The molecule has 0 atom stereocenters. The van der Waals surface area contributed by atoms with Crippen molar-refractivity contribution in [1.82, 2.24) is 10.3 Å². The van der Waals surface area contributed by atoms with Gasteiger partial charge in [0.15, 0.2) is 0 Å². The Morgan fingerprint density at radius 3 is 3.00 bits per heavy atom. The SMILES string of the molecule is Cc1nc(CCNCCCF)cs1. The van der Waals surface area contributed by atoms with E-state index < -0.39 is 0 Å². The first kappa shape index (κ1) is 10.6. The van der Waals surface area contributed by atoms with Gasteiger partial charge in [-0.3, -0.25) is 4.39 Å². The second-order valence-corrected chi connectivity index (χ2v) is 3.96. The highest BCUT2D eigenvalue weighted by Crippen LogP contribution is 2.07. The van der Waals surface area contributed by atoms with Gasteiger partial charge >= 0.3 is 0 Å². The minimum Gasteiger partial charge on any atom is -0.316 e. The van der Waals surface area contributed by atoms with Crippen LogP contribution >= 0.6 is 11.3 Å². The van der Waals surface area contributed by atoms with E-state index in [2.05, 4.69) is 15.7 Å². The summed E-state index contributed by atoms with van der Waals surface area (Å²) in [5.41, 5.74) is 1.13. The van der Waals surface area contributed by atoms with E-state index in [1.54, 1.807) is 11.3 Å². The zero-order chi connectivity index (χ0) is 9.52. The van der Waals surface area contributed by atoms with Crippen molar-refractivity contribution >= 4 is 11.3 Å². The average molecular weight is 202 g/mol. The third kappa shape index (κ3) is 4.33. The Kier molecular flexibility index (Phi) is 4.93. The summed E-state index contributed by atoms with van der Waals surface area (Å²) in [5, 5.41) is 6.35. The summed E-state index contributed by atoms with van der Waals surface area (Å²) in [7, 11) is 0. The fraction of sp³-hybridized carbons (Fsp3) is 0.667. The van der Waals surface area contributed by atoms with Crippen LogP contribution in [0.3, 0.4) is 0 Å². The summed E-state index contributed by atoms with van der Waals surface area (Å²) in [6.45, 7) is 3.43. The van der Waals surface area contributed by atoms with E-state index in [0.717, 1.165) is 30.2 Å². The van der Waals surface area contributed by atoms with Gasteiger partial charge in [0.05, 0.1) is 17.4 Å². The van der Waals surface area contributed by atoms with E-state index in [1.807, 2.05) is 6.92 Å². The molecule has 1 heterocycles. The van der Waals surface area contributed by atoms with Gasteiger partial charge in [0.2, 0.25) is 0 Å². The number of nitrogens with one attached hydrogen (secondary N) is 1. The summed E-state index contributed by atoms with van der Waals surface area (Å²) in [6, 6.07) is 0. The van der Waals surface area contributed by atoms with E-state index in [-0.39, 0.29) is 6.67 Å². The van der Waals surface area contributed by atoms with Crippen molar-refractivity contribution in [3.63, 3.8) is 0 Å². The molecule has 2 nitrogen and oxygen atoms in total. The van der Waals surface area contributed by atoms with Crippen molar-refractivity contribution in [2.45, 2.75) is 19.8 Å². The summed E-state index contributed by atoms with van der Waals surface area (Å²) in [5.74, 6) is 0. The first-order valence-electron chi connectivity index (χ1n) is 4.50. The highest BCUT2D eigenvalue weighted by atomic mass is 32.1. The minimum absolute atomic E-state index is 0.233. The Morgan fingerprint density at radius 2 is 2.38 bits per heavy atom. The van der Waals surface area contributed by atoms with Gasteiger partial charge in [0.1, 0.15) is 0 Å². The standard InChI is InChI=1S/C9H15FN2S/c1-8-12-9(7-13-8)3-6-11-5-2-4-10/h7,11H,2-6H2,1H3. The fourth-order valence-electron chi connectivity index (χ4n) is 1.06. The van der Waals surface area contributed by atoms with Crippen LogP contribution < -0.4 is 5.32 Å². The molecule has 0 aliphatic heterocycles. The molecule has 0 aliphatic carbocycles. The maximum atomic E-state index is 11.7. The summed E-state index contributed by atoms with van der Waals surface area (Å²) in [6.07, 6.45) is 1.55. The van der Waals surface area contributed by atoms with E-state index in [9.17, 15) is 4.39 Å². The van der Waals surface area contributed by atoms with E-state index in [1.165, 1.54) is 0 Å². The topological polar surface area (TPSA) is 24.9 Å². The third-order valence-electron chi connectivity index (χ3n) is 1.71. The molecule has 4 heteroatoms. The lowest BCUT2D eigenvalue weighted by atomic mass is 10.3. The first-order valence-corrected chi connectivity index (χ1v) is 5.38. The van der Waals surface area contributed by atoms with Gasteiger partial charge < -0.3 is 5.32 Å². The van der Waals surface area contributed by atoms with Gasteiger partial charge in [-0.2, -0.15) is 0 Å². The second-order valence-electron chi connectivity index (χ2n) is 2.90. The molecule has 0 saturated heterocycles. The van der Waals surface area contributed by atoms with Gasteiger partial charge in [-0.25, -0.2) is 4.98 Å². The monoisotopic (exact) mass is 202 g/mol. The maximum Gasteiger partial charge on any atom is 0.0906 e. The molecule has 1 aromatic heterocycles. The van der Waals surface area contributed by atoms with Crippen molar-refractivity contribution in [2.75, 3.05) is 19.8 Å². The van der Waals surface area contributed by atoms with E-state index >= 15 is 0 Å². The molecule has 1 rings (SSSR count). The van der Waals surface area contributed by atoms with Crippen molar-refractivity contribution < 1.29 is 4.39 Å². The molecule has 0 saturated carbocycles. The Labute approximate surface area is 82.2 Å². The van der Waals surface area contributed by atoms with Crippen LogP contribution in [0.1, 0.15) is 17.1 Å². The Bertz CT molecular complexity index is 237. The third-order valence-corrected chi connectivity index (χ3v) is 2.53. The number of aromatic nitrogens is 1. The number of thiazole rings is 1. The number of hydrogen-bond donors (Lipinski definition) is 1. The van der Waals surface area contributed by atoms with Gasteiger partial charge in [-0.1, -0.05) is 0 Å². The van der Waals surface area contributed by atoms with E-state index in [0.29, 0.717) is 6.42 Å². The minimum atomic E-state index is -0.233. The lowest BCUT2D eigenvalue weighted by Gasteiger charge is -2.00. The van der Waals surface area contributed by atoms with Gasteiger partial charge in [-0.15, -0.1) is 11.3 Å². The maximum absolute atomic E-state index is 11.7. The van der Waals surface area contributed by atoms with Gasteiger partial charge in [0, 0.05) is 18.3 Å². The lowest BCUT2D eigenvalue weighted by molar-refractivity contribution is 0.460. The molecular formula is C9H15FN2S. The van der Waals surface area contributed by atoms with E-state index in [4.69, 9.17) is 0 Å². The molecule has 0 spiro atoms. The highest BCUT2D eigenvalue weighted by Gasteiger charge is 1.96. The molecule has 0 bridgehead atoms. The number of nitrogens with zero attached hydrogens (tertiary/aromatic N) is 1. The molecule has 1 aromatic rings. The highest BCUT2D eigenvalue weighted by molar-refractivity contribution is 7.09. The van der Waals surface area contributed by atoms with Crippen LogP contribution in [0.15, 0.2) is 5.38 Å². The molecule has 1 N–H and O–H groups in total. The zero-order valence-corrected chi connectivity index (χ0v) is 8.66. The summed E-state index contributed by atoms with van der Waals surface area (Å²) < 4.78 is 11.7. The molecule has 0 fully saturated rings. The number of hydrogen-bond acceptors (Lipinski definition) is 3. The smallest absolute Gasteiger partial charge is 0.0906 e. The largest absolute Gasteiger partial charge is 0.316 e. The summed E-state index contributed by atoms with van der Waals surface area (Å²) >= 11 is 1.67. The number of rotatable bonds is 6. The van der Waals surface area contributed by atoms with Crippen LogP contribution in [0.5, 0.6) is 0 Å². The van der Waals surface area contributed by atoms with Crippen molar-refractivity contribution in [3.8, 4) is 0 Å². The van der Waals surface area contributed by atoms with Crippen LogP contribution in [0.4, 0.5) is 4.39 Å². The van der Waals surface area contributed by atoms with Crippen LogP contribution in [-0.2, 0) is 6.42 Å². The fourth-order valence-corrected chi connectivity index (χ4v) is 1.70. The Morgan fingerprint density at radius 1 is 1.54 bits per heavy atom. The summed E-state index contributed by atoms with van der Waals surface area (Å²) in [4.78, 5) is 4.33. The van der Waals surface area contributed by atoms with Crippen LogP contribution in [0.25, 0.3) is 0 Å². The predicted octanol–water partition coefficient (Wildman–Crippen LogP) is 1.94. The van der Waals surface area contributed by atoms with Crippen LogP contribution in [0, 0.1) is 6.92 Å². The Balaban J connectivity index is 2.06. The zero-order valence-electron chi connectivity index (χ0n) is 7.85. The molecule has 0 unspecified atom stereocenters. The predicted molar refractivity (Wildman–Crippen MR) is 54.0 cm³/mol. The van der Waals surface area contributed by atoms with Gasteiger partial charge in [0.25, 0.3) is 0 Å². The molecule has 0 amide bonds. The Hall–Kier alpha value is -0.480. The van der Waals surface area contributed by atoms with Crippen molar-refractivity contribution in [3.05, 3.63) is 16.1 Å². The quantitative estimate of drug-likeness (QED) is 0.713. The molecular weight excluding hydrogens is 187 g/mol. The average Bonchev–Trinajstić information content (AvgIpc) is 2.51. The second kappa shape index (κ2) is 6.05. The first-order chi connectivity index (χ1) is 6.33. The molecule has 13 heavy (non-hydrogen) atoms. The van der Waals surface area contributed by atoms with Gasteiger partial charge in [-0.05, 0) is 19.9 Å². The number of alkyl halides is 1. The normalized spacial score (nSPS) is 10.6. The lowest BCUT2D eigenvalue weighted by Crippen LogP contribution is -2.18. The molecule has 0 aromatic carbocycles. The van der Waals surface area contributed by atoms with Crippen molar-refractivity contribution in [1.29, 1.82) is 0 Å².